The van der Waals surface area contributed by atoms with E-state index in [0.717, 1.165) is 28.9 Å². The topological polar surface area (TPSA) is 75.2 Å². The van der Waals surface area contributed by atoms with Gasteiger partial charge in [0, 0.05) is 41.3 Å². The van der Waals surface area contributed by atoms with Crippen molar-refractivity contribution in [1.29, 1.82) is 0 Å². The van der Waals surface area contributed by atoms with Crippen molar-refractivity contribution in [1.82, 2.24) is 15.3 Å². The molecule has 0 saturated carbocycles. The van der Waals surface area contributed by atoms with Crippen molar-refractivity contribution >= 4 is 40.9 Å². The molecule has 0 atom stereocenters. The van der Waals surface area contributed by atoms with Gasteiger partial charge in [-0.3, -0.25) is 9.59 Å². The minimum absolute atomic E-state index is 0.0353. The van der Waals surface area contributed by atoms with E-state index in [1.807, 2.05) is 25.1 Å². The Bertz CT molecular complexity index is 1120. The lowest BCUT2D eigenvalue weighted by molar-refractivity contribution is -0.118. The van der Waals surface area contributed by atoms with Gasteiger partial charge in [-0.15, -0.1) is 0 Å². The van der Waals surface area contributed by atoms with Crippen LogP contribution in [0.4, 0.5) is 5.69 Å². The second kappa shape index (κ2) is 9.49. The summed E-state index contributed by atoms with van der Waals surface area (Å²) in [6.45, 7) is 2.97. The molecule has 6 nitrogen and oxygen atoms in total. The molecule has 0 fully saturated rings. The number of aryl methyl sites for hydroxylation is 1. The third-order valence-corrected chi connectivity index (χ3v) is 6.08. The molecule has 0 unspecified atom stereocenters. The van der Waals surface area contributed by atoms with E-state index in [4.69, 9.17) is 11.6 Å². The van der Waals surface area contributed by atoms with Crippen LogP contribution in [0.25, 0.3) is 0 Å². The fraction of sp³-hybridized carbons (Fsp3) is 0.217. The van der Waals surface area contributed by atoms with Crippen LogP contribution in [0.15, 0.2) is 59.9 Å². The number of fused-ring (bicyclic) bond motifs is 1. The SMILES string of the molecule is Cc1ccnc(SCC(=O)NCc2ccc3c(c2)CCN3C(=O)c2ccc(Cl)cc2)n1. The molecule has 158 valence electrons. The van der Waals surface area contributed by atoms with Gasteiger partial charge in [-0.2, -0.15) is 0 Å². The summed E-state index contributed by atoms with van der Waals surface area (Å²) in [5.41, 5.74) is 4.52. The van der Waals surface area contributed by atoms with Gasteiger partial charge in [-0.05, 0) is 60.9 Å². The lowest BCUT2D eigenvalue weighted by Gasteiger charge is -2.18. The molecule has 31 heavy (non-hydrogen) atoms. The number of hydrogen-bond acceptors (Lipinski definition) is 5. The Morgan fingerprint density at radius 2 is 1.97 bits per heavy atom. The predicted octanol–water partition coefficient (Wildman–Crippen LogP) is 4.05. The van der Waals surface area contributed by atoms with Crippen LogP contribution in [0, 0.1) is 6.92 Å². The number of anilines is 1. The molecular weight excluding hydrogens is 432 g/mol. The molecule has 0 saturated heterocycles. The van der Waals surface area contributed by atoms with E-state index < -0.39 is 0 Å². The minimum atomic E-state index is -0.0739. The van der Waals surface area contributed by atoms with Crippen LogP contribution in [0.2, 0.25) is 5.02 Å². The van der Waals surface area contributed by atoms with Crippen molar-refractivity contribution in [3.63, 3.8) is 0 Å². The molecule has 0 radical (unpaired) electrons. The summed E-state index contributed by atoms with van der Waals surface area (Å²) < 4.78 is 0. The predicted molar refractivity (Wildman–Crippen MR) is 123 cm³/mol. The lowest BCUT2D eigenvalue weighted by atomic mass is 10.1. The molecule has 3 aromatic rings. The Kier molecular flexibility index (Phi) is 6.53. The third-order valence-electron chi connectivity index (χ3n) is 4.97. The highest BCUT2D eigenvalue weighted by Gasteiger charge is 2.25. The van der Waals surface area contributed by atoms with Crippen LogP contribution in [-0.4, -0.2) is 34.1 Å². The summed E-state index contributed by atoms with van der Waals surface area (Å²) in [6.07, 6.45) is 2.48. The number of nitrogens with zero attached hydrogens (tertiary/aromatic N) is 3. The maximum Gasteiger partial charge on any atom is 0.258 e. The monoisotopic (exact) mass is 452 g/mol. The molecule has 1 aliphatic rings. The lowest BCUT2D eigenvalue weighted by Crippen LogP contribution is -2.28. The number of nitrogens with one attached hydrogen (secondary N) is 1. The molecule has 2 amide bonds. The second-order valence-corrected chi connectivity index (χ2v) is 8.60. The van der Waals surface area contributed by atoms with Crippen LogP contribution in [0.5, 0.6) is 0 Å². The van der Waals surface area contributed by atoms with Crippen LogP contribution < -0.4 is 10.2 Å². The second-order valence-electron chi connectivity index (χ2n) is 7.22. The first-order valence-electron chi connectivity index (χ1n) is 9.88. The average molecular weight is 453 g/mol. The number of halogens is 1. The van der Waals surface area contributed by atoms with Crippen LogP contribution in [0.1, 0.15) is 27.2 Å². The molecule has 0 bridgehead atoms. The molecule has 4 rings (SSSR count). The number of aromatic nitrogens is 2. The van der Waals surface area contributed by atoms with E-state index in [2.05, 4.69) is 21.4 Å². The first-order chi connectivity index (χ1) is 15.0. The molecule has 1 N–H and O–H groups in total. The molecule has 2 heterocycles. The van der Waals surface area contributed by atoms with E-state index in [0.29, 0.717) is 28.8 Å². The van der Waals surface area contributed by atoms with Gasteiger partial charge in [0.2, 0.25) is 5.91 Å². The summed E-state index contributed by atoms with van der Waals surface area (Å²) in [7, 11) is 0. The summed E-state index contributed by atoms with van der Waals surface area (Å²) in [5.74, 6) is 0.152. The Morgan fingerprint density at radius 1 is 1.16 bits per heavy atom. The molecule has 8 heteroatoms. The fourth-order valence-electron chi connectivity index (χ4n) is 3.40. The van der Waals surface area contributed by atoms with Gasteiger partial charge in [0.25, 0.3) is 5.91 Å². The van der Waals surface area contributed by atoms with Gasteiger partial charge in [-0.1, -0.05) is 35.5 Å². The quantitative estimate of drug-likeness (QED) is 0.451. The number of thioether (sulfide) groups is 1. The Hall–Kier alpha value is -2.90. The molecule has 0 aliphatic carbocycles. The van der Waals surface area contributed by atoms with Gasteiger partial charge in [0.05, 0.1) is 5.75 Å². The Balaban J connectivity index is 1.34. The van der Waals surface area contributed by atoms with Gasteiger partial charge in [0.15, 0.2) is 5.16 Å². The van der Waals surface area contributed by atoms with Crippen molar-refractivity contribution < 1.29 is 9.59 Å². The molecule has 1 aromatic heterocycles. The molecule has 1 aliphatic heterocycles. The van der Waals surface area contributed by atoms with Crippen molar-refractivity contribution in [3.8, 4) is 0 Å². The normalized spacial score (nSPS) is 12.5. The maximum absolute atomic E-state index is 12.8. The number of rotatable bonds is 6. The van der Waals surface area contributed by atoms with E-state index in [1.54, 1.807) is 35.4 Å². The standard InChI is InChI=1S/C23H21ClN4O2S/c1-15-8-10-25-23(27-15)31-14-21(29)26-13-16-2-7-20-18(12-16)9-11-28(20)22(30)17-3-5-19(24)6-4-17/h2-8,10,12H,9,11,13-14H2,1H3,(H,26,29). The zero-order valence-electron chi connectivity index (χ0n) is 17.0. The van der Waals surface area contributed by atoms with Crippen molar-refractivity contribution in [3.05, 3.63) is 82.1 Å². The summed E-state index contributed by atoms with van der Waals surface area (Å²) in [4.78, 5) is 35.2. The van der Waals surface area contributed by atoms with E-state index in [-0.39, 0.29) is 17.6 Å². The number of amides is 2. The minimum Gasteiger partial charge on any atom is -0.351 e. The van der Waals surface area contributed by atoms with Crippen molar-refractivity contribution in [2.45, 2.75) is 25.0 Å². The van der Waals surface area contributed by atoms with Crippen LogP contribution in [0.3, 0.4) is 0 Å². The molecule has 0 spiro atoms. The van der Waals surface area contributed by atoms with Gasteiger partial charge in [0.1, 0.15) is 0 Å². The third kappa shape index (κ3) is 5.24. The Morgan fingerprint density at radius 3 is 2.74 bits per heavy atom. The van der Waals surface area contributed by atoms with Crippen LogP contribution >= 0.6 is 23.4 Å². The zero-order chi connectivity index (χ0) is 21.8. The summed E-state index contributed by atoms with van der Waals surface area (Å²) in [6, 6.07) is 14.7. The summed E-state index contributed by atoms with van der Waals surface area (Å²) >= 11 is 7.23. The number of carbonyl (C=O) groups excluding carboxylic acids is 2. The molecule has 2 aromatic carbocycles. The van der Waals surface area contributed by atoms with Gasteiger partial charge in [-0.25, -0.2) is 9.97 Å². The highest BCUT2D eigenvalue weighted by atomic mass is 35.5. The maximum atomic E-state index is 12.8. The fourth-order valence-corrected chi connectivity index (χ4v) is 4.23. The first-order valence-corrected chi connectivity index (χ1v) is 11.2. The van der Waals surface area contributed by atoms with Crippen LogP contribution in [-0.2, 0) is 17.8 Å². The zero-order valence-corrected chi connectivity index (χ0v) is 18.5. The van der Waals surface area contributed by atoms with Crippen molar-refractivity contribution in [2.75, 3.05) is 17.2 Å². The van der Waals surface area contributed by atoms with Gasteiger partial charge < -0.3 is 10.2 Å². The average Bonchev–Trinajstić information content (AvgIpc) is 3.19. The first kappa shape index (κ1) is 21.3. The summed E-state index contributed by atoms with van der Waals surface area (Å²) in [5, 5.41) is 4.13. The Labute approximate surface area is 190 Å². The van der Waals surface area contributed by atoms with E-state index in [1.165, 1.54) is 11.8 Å². The number of benzene rings is 2. The molecular formula is C23H21ClN4O2S. The largest absolute Gasteiger partial charge is 0.351 e. The van der Waals surface area contributed by atoms with E-state index >= 15 is 0 Å². The van der Waals surface area contributed by atoms with Gasteiger partial charge >= 0.3 is 0 Å². The van der Waals surface area contributed by atoms with Crippen molar-refractivity contribution in [2.24, 2.45) is 0 Å². The number of carbonyl (C=O) groups is 2. The smallest absolute Gasteiger partial charge is 0.258 e. The van der Waals surface area contributed by atoms with E-state index in [9.17, 15) is 9.59 Å². The highest BCUT2D eigenvalue weighted by molar-refractivity contribution is 7.99. The highest BCUT2D eigenvalue weighted by Crippen LogP contribution is 2.30. The number of hydrogen-bond donors (Lipinski definition) is 1.